The average molecular weight is 299 g/mol. The standard InChI is InChI=1S/C6H15Si.CH3.Tm/c1-4-7(5-2)6-3;;/h4-6H2,1-3H3;1H3;/q;-1;. The molecule has 0 saturated carbocycles. The molecule has 0 amide bonds. The van der Waals surface area contributed by atoms with E-state index in [9.17, 15) is 0 Å². The molecule has 0 aromatic rings. The maximum absolute atomic E-state index is 2.31. The summed E-state index contributed by atoms with van der Waals surface area (Å²) in [6.07, 6.45) is 0. The van der Waals surface area contributed by atoms with E-state index in [1.807, 2.05) is 0 Å². The van der Waals surface area contributed by atoms with E-state index in [0.29, 0.717) is 0 Å². The molecule has 0 aromatic carbocycles. The van der Waals surface area contributed by atoms with Crippen molar-refractivity contribution in [3.05, 3.63) is 7.43 Å². The van der Waals surface area contributed by atoms with Crippen LogP contribution in [0, 0.1) is 44.3 Å². The molecule has 0 saturated heterocycles. The van der Waals surface area contributed by atoms with E-state index in [0.717, 1.165) is 0 Å². The first-order chi connectivity index (χ1) is 3.35. The molecule has 0 spiro atoms. The monoisotopic (exact) mass is 299 g/mol. The van der Waals surface area contributed by atoms with Crippen LogP contribution < -0.4 is 0 Å². The van der Waals surface area contributed by atoms with Crippen molar-refractivity contribution in [1.29, 1.82) is 0 Å². The Kier molecular flexibility index (Phi) is 22.7. The fraction of sp³-hybridized carbons (Fsp3) is 0.857. The molecule has 9 heavy (non-hydrogen) atoms. The maximum Gasteiger partial charge on any atom is 0.0470 e. The molecule has 0 N–H and O–H groups in total. The summed E-state index contributed by atoms with van der Waals surface area (Å²) in [6, 6.07) is 4.37. The maximum atomic E-state index is 2.31. The zero-order valence-electron chi connectivity index (χ0n) is 6.90. The summed E-state index contributed by atoms with van der Waals surface area (Å²) >= 11 is 0. The van der Waals surface area contributed by atoms with Crippen molar-refractivity contribution in [1.82, 2.24) is 0 Å². The Morgan fingerprint density at radius 1 is 0.889 bits per heavy atom. The molecular weight excluding hydrogens is 281 g/mol. The summed E-state index contributed by atoms with van der Waals surface area (Å²) in [5.41, 5.74) is 0. The molecule has 0 bridgehead atoms. The fourth-order valence-corrected chi connectivity index (χ4v) is 2.25. The van der Waals surface area contributed by atoms with Crippen molar-refractivity contribution in [2.24, 2.45) is 0 Å². The van der Waals surface area contributed by atoms with E-state index in [-0.39, 0.29) is 53.1 Å². The van der Waals surface area contributed by atoms with Crippen LogP contribution >= 0.6 is 0 Å². The van der Waals surface area contributed by atoms with Gasteiger partial charge in [0, 0.05) is 45.7 Å². The Morgan fingerprint density at radius 2 is 1.11 bits per heavy atom. The summed E-state index contributed by atoms with van der Waals surface area (Å²) in [6.45, 7) is 6.92. The molecule has 0 unspecified atom stereocenters. The Balaban J connectivity index is -0.000000180. The Hall–Kier alpha value is 1.45. The van der Waals surface area contributed by atoms with Gasteiger partial charge in [0.05, 0.1) is 0 Å². The van der Waals surface area contributed by atoms with Gasteiger partial charge in [-0.25, -0.2) is 0 Å². The van der Waals surface area contributed by atoms with Crippen LogP contribution in [0.2, 0.25) is 18.1 Å². The van der Waals surface area contributed by atoms with Crippen LogP contribution in [0.4, 0.5) is 0 Å². The fourth-order valence-electron chi connectivity index (χ4n) is 0.750. The van der Waals surface area contributed by atoms with Gasteiger partial charge in [-0.15, -0.1) is 0 Å². The molecule has 0 aliphatic heterocycles. The van der Waals surface area contributed by atoms with Crippen molar-refractivity contribution in [2.75, 3.05) is 0 Å². The summed E-state index contributed by atoms with van der Waals surface area (Å²) in [7, 11) is 0.137. The Morgan fingerprint density at radius 3 is 1.11 bits per heavy atom. The number of hydrogen-bond acceptors (Lipinski definition) is 0. The van der Waals surface area contributed by atoms with E-state index in [1.165, 1.54) is 18.1 Å². The van der Waals surface area contributed by atoms with Crippen LogP contribution in [0.5, 0.6) is 0 Å². The molecule has 0 atom stereocenters. The van der Waals surface area contributed by atoms with Crippen LogP contribution in [0.15, 0.2) is 0 Å². The molecule has 2 radical (unpaired) electrons. The predicted octanol–water partition coefficient (Wildman–Crippen LogP) is 2.99. The number of rotatable bonds is 3. The minimum Gasteiger partial charge on any atom is -0.358 e. The SMILES string of the molecule is CC[Si](CC)CC.[CH3-].[Tm]. The molecule has 0 aliphatic rings. The van der Waals surface area contributed by atoms with Crippen molar-refractivity contribution < 1.29 is 36.9 Å². The number of hydrogen-bond donors (Lipinski definition) is 0. The van der Waals surface area contributed by atoms with Crippen LogP contribution in [0.1, 0.15) is 20.8 Å². The molecule has 2 heteroatoms. The molecule has 0 fully saturated rings. The topological polar surface area (TPSA) is 0 Å². The van der Waals surface area contributed by atoms with Gasteiger partial charge in [0.15, 0.2) is 0 Å². The van der Waals surface area contributed by atoms with Gasteiger partial charge in [0.1, 0.15) is 0 Å². The second-order valence-corrected chi connectivity index (χ2v) is 5.43. The van der Waals surface area contributed by atoms with Gasteiger partial charge >= 0.3 is 0 Å². The van der Waals surface area contributed by atoms with Gasteiger partial charge in [-0.3, -0.25) is 0 Å². The van der Waals surface area contributed by atoms with E-state index >= 15 is 0 Å². The van der Waals surface area contributed by atoms with Crippen LogP contribution in [-0.2, 0) is 0 Å². The molecule has 0 rings (SSSR count). The molecular formula is C7H18SiTm-. The molecule has 64 valence electrons. The van der Waals surface area contributed by atoms with Gasteiger partial charge in [-0.05, 0) is 0 Å². The minimum atomic E-state index is 0. The first kappa shape index (κ1) is 16.8. The summed E-state index contributed by atoms with van der Waals surface area (Å²) in [5.74, 6) is 0. The van der Waals surface area contributed by atoms with Crippen molar-refractivity contribution in [2.45, 2.75) is 38.9 Å². The first-order valence-corrected chi connectivity index (χ1v) is 5.30. The largest absolute Gasteiger partial charge is 0.358 e. The van der Waals surface area contributed by atoms with E-state index in [1.54, 1.807) is 0 Å². The van der Waals surface area contributed by atoms with Crippen molar-refractivity contribution >= 4 is 8.80 Å². The zero-order valence-corrected chi connectivity index (χ0v) is 9.68. The second kappa shape index (κ2) is 12.2. The molecule has 0 aromatic heterocycles. The Bertz CT molecular complexity index is 30.4. The summed E-state index contributed by atoms with van der Waals surface area (Å²) < 4.78 is 0. The van der Waals surface area contributed by atoms with Crippen LogP contribution in [0.25, 0.3) is 0 Å². The van der Waals surface area contributed by atoms with E-state index in [4.69, 9.17) is 0 Å². The van der Waals surface area contributed by atoms with Gasteiger partial charge < -0.3 is 7.43 Å². The third kappa shape index (κ3) is 9.45. The Labute approximate surface area is 91.2 Å². The van der Waals surface area contributed by atoms with Gasteiger partial charge in [-0.1, -0.05) is 38.9 Å². The quantitative estimate of drug-likeness (QED) is 0.555. The molecule has 0 heterocycles. The summed E-state index contributed by atoms with van der Waals surface area (Å²) in [4.78, 5) is 0. The third-order valence-electron chi connectivity index (χ3n) is 1.50. The smallest absolute Gasteiger partial charge is 0.0470 e. The minimum absolute atomic E-state index is 0. The van der Waals surface area contributed by atoms with Crippen LogP contribution in [0.3, 0.4) is 0 Å². The van der Waals surface area contributed by atoms with Crippen molar-refractivity contribution in [3.8, 4) is 0 Å². The predicted molar refractivity (Wildman–Crippen MR) is 43.6 cm³/mol. The van der Waals surface area contributed by atoms with Gasteiger partial charge in [-0.2, -0.15) is 0 Å². The van der Waals surface area contributed by atoms with Crippen LogP contribution in [-0.4, -0.2) is 8.80 Å². The molecule has 0 aliphatic carbocycles. The molecule has 0 nitrogen and oxygen atoms in total. The van der Waals surface area contributed by atoms with Gasteiger partial charge in [0.2, 0.25) is 0 Å². The van der Waals surface area contributed by atoms with Gasteiger partial charge in [0.25, 0.3) is 0 Å². The zero-order chi connectivity index (χ0) is 5.70. The summed E-state index contributed by atoms with van der Waals surface area (Å²) in [5, 5.41) is 0. The third-order valence-corrected chi connectivity index (χ3v) is 4.50. The van der Waals surface area contributed by atoms with Crippen molar-refractivity contribution in [3.63, 3.8) is 0 Å². The second-order valence-electron chi connectivity index (χ2n) is 1.81. The normalized spacial score (nSPS) is 8.00. The van der Waals surface area contributed by atoms with E-state index in [2.05, 4.69) is 20.8 Å². The average Bonchev–Trinajstić information content (AvgIpc) is 1.72. The van der Waals surface area contributed by atoms with E-state index < -0.39 is 0 Å². The first-order valence-electron chi connectivity index (χ1n) is 3.18.